The number of nitrogens with zero attached hydrogens (tertiary/aromatic N) is 1. The van der Waals surface area contributed by atoms with Gasteiger partial charge in [-0.15, -0.1) is 0 Å². The molecule has 0 amide bonds. The lowest BCUT2D eigenvalue weighted by molar-refractivity contribution is 0.452. The number of fused-ring (bicyclic) bond motifs is 1. The van der Waals surface area contributed by atoms with Gasteiger partial charge in [0.2, 0.25) is 0 Å². The molecule has 2 N–H and O–H groups in total. The fourth-order valence-corrected chi connectivity index (χ4v) is 4.59. The van der Waals surface area contributed by atoms with E-state index in [-0.39, 0.29) is 11.5 Å². The van der Waals surface area contributed by atoms with E-state index < -0.39 is 0 Å². The molecule has 2 nitrogen and oxygen atoms in total. The minimum absolute atomic E-state index is 0.0141. The van der Waals surface area contributed by atoms with E-state index in [0.29, 0.717) is 0 Å². The maximum atomic E-state index is 6.49. The molecule has 0 spiro atoms. The van der Waals surface area contributed by atoms with Crippen molar-refractivity contribution in [2.75, 3.05) is 11.4 Å². The number of aryl methyl sites for hydroxylation is 1. The van der Waals surface area contributed by atoms with Crippen molar-refractivity contribution in [1.29, 1.82) is 0 Å². The predicted molar refractivity (Wildman–Crippen MR) is 129 cm³/mol. The third-order valence-electron chi connectivity index (χ3n) is 6.62. The molecule has 1 aliphatic heterocycles. The van der Waals surface area contributed by atoms with Crippen LogP contribution in [0.15, 0.2) is 66.7 Å². The van der Waals surface area contributed by atoms with Crippen molar-refractivity contribution in [3.63, 3.8) is 0 Å². The first kappa shape index (κ1) is 20.7. The molecule has 156 valence electrons. The van der Waals surface area contributed by atoms with Gasteiger partial charge in [0.05, 0.1) is 0 Å². The van der Waals surface area contributed by atoms with Crippen molar-refractivity contribution in [2.45, 2.75) is 58.5 Å². The molecule has 0 aromatic heterocycles. The smallest absolute Gasteiger partial charge is 0.0429 e. The van der Waals surface area contributed by atoms with E-state index in [4.69, 9.17) is 5.73 Å². The van der Waals surface area contributed by atoms with Crippen LogP contribution in [0.3, 0.4) is 0 Å². The predicted octanol–water partition coefficient (Wildman–Crippen LogP) is 6.62. The fourth-order valence-electron chi connectivity index (χ4n) is 4.59. The summed E-state index contributed by atoms with van der Waals surface area (Å²) in [5.74, 6) is 0. The molecular formula is C28H34N2. The molecule has 0 bridgehead atoms. The van der Waals surface area contributed by atoms with Gasteiger partial charge in [-0.3, -0.25) is 0 Å². The minimum atomic E-state index is -0.0141. The SMILES string of the molecule is CCc1ccc(-c2cc3c(cc2C(C)N)N(Cc2ccccc2)CCC3(C)C)cc1. The van der Waals surface area contributed by atoms with E-state index in [2.05, 4.69) is 99.3 Å². The van der Waals surface area contributed by atoms with Crippen LogP contribution in [0.5, 0.6) is 0 Å². The van der Waals surface area contributed by atoms with Crippen LogP contribution in [0.4, 0.5) is 5.69 Å². The highest BCUT2D eigenvalue weighted by atomic mass is 15.1. The fraction of sp³-hybridized carbons (Fsp3) is 0.357. The Kier molecular flexibility index (Phi) is 5.71. The first-order chi connectivity index (χ1) is 14.4. The summed E-state index contributed by atoms with van der Waals surface area (Å²) < 4.78 is 0. The highest BCUT2D eigenvalue weighted by Crippen LogP contribution is 2.44. The van der Waals surface area contributed by atoms with E-state index in [1.807, 2.05) is 0 Å². The second kappa shape index (κ2) is 8.28. The van der Waals surface area contributed by atoms with Gasteiger partial charge >= 0.3 is 0 Å². The van der Waals surface area contributed by atoms with Crippen molar-refractivity contribution in [3.8, 4) is 11.1 Å². The maximum absolute atomic E-state index is 6.49. The summed E-state index contributed by atoms with van der Waals surface area (Å²) in [5, 5.41) is 0. The van der Waals surface area contributed by atoms with Gasteiger partial charge in [0.1, 0.15) is 0 Å². The molecule has 0 saturated carbocycles. The summed E-state index contributed by atoms with van der Waals surface area (Å²) in [5.41, 5.74) is 15.9. The van der Waals surface area contributed by atoms with Crippen LogP contribution in [0.2, 0.25) is 0 Å². The Balaban J connectivity index is 1.83. The van der Waals surface area contributed by atoms with E-state index in [0.717, 1.165) is 25.9 Å². The highest BCUT2D eigenvalue weighted by Gasteiger charge is 2.32. The molecule has 30 heavy (non-hydrogen) atoms. The number of hydrogen-bond acceptors (Lipinski definition) is 2. The van der Waals surface area contributed by atoms with Crippen LogP contribution in [0, 0.1) is 0 Å². The Morgan fingerprint density at radius 2 is 1.67 bits per heavy atom. The van der Waals surface area contributed by atoms with Gasteiger partial charge in [-0.05, 0) is 70.7 Å². The molecule has 0 radical (unpaired) electrons. The normalized spacial score (nSPS) is 16.2. The van der Waals surface area contributed by atoms with E-state index >= 15 is 0 Å². The summed E-state index contributed by atoms with van der Waals surface area (Å²) >= 11 is 0. The van der Waals surface area contributed by atoms with Gasteiger partial charge < -0.3 is 10.6 Å². The van der Waals surface area contributed by atoms with Crippen molar-refractivity contribution in [3.05, 3.63) is 89.0 Å². The molecule has 0 fully saturated rings. The lowest BCUT2D eigenvalue weighted by Crippen LogP contribution is -2.37. The third-order valence-corrected chi connectivity index (χ3v) is 6.62. The molecule has 4 rings (SSSR count). The van der Waals surface area contributed by atoms with Crippen molar-refractivity contribution < 1.29 is 0 Å². The summed E-state index contributed by atoms with van der Waals surface area (Å²) in [6.07, 6.45) is 2.21. The van der Waals surface area contributed by atoms with Crippen LogP contribution < -0.4 is 10.6 Å². The molecular weight excluding hydrogens is 364 g/mol. The average molecular weight is 399 g/mol. The van der Waals surface area contributed by atoms with Gasteiger partial charge in [-0.1, -0.05) is 75.4 Å². The second-order valence-corrected chi connectivity index (χ2v) is 9.34. The van der Waals surface area contributed by atoms with Gasteiger partial charge in [0, 0.05) is 24.8 Å². The Bertz CT molecular complexity index is 1000. The maximum Gasteiger partial charge on any atom is 0.0429 e. The lowest BCUT2D eigenvalue weighted by atomic mass is 9.75. The van der Waals surface area contributed by atoms with Gasteiger partial charge in [0.25, 0.3) is 0 Å². The molecule has 2 heteroatoms. The van der Waals surface area contributed by atoms with E-state index in [1.54, 1.807) is 0 Å². The van der Waals surface area contributed by atoms with E-state index in [1.165, 1.54) is 39.1 Å². The van der Waals surface area contributed by atoms with Crippen LogP contribution >= 0.6 is 0 Å². The number of anilines is 1. The van der Waals surface area contributed by atoms with Crippen LogP contribution in [-0.2, 0) is 18.4 Å². The van der Waals surface area contributed by atoms with Crippen LogP contribution in [-0.4, -0.2) is 6.54 Å². The van der Waals surface area contributed by atoms with Gasteiger partial charge in [-0.2, -0.15) is 0 Å². The van der Waals surface area contributed by atoms with Crippen LogP contribution in [0.1, 0.15) is 62.4 Å². The molecule has 1 atom stereocenters. The average Bonchev–Trinajstić information content (AvgIpc) is 2.76. The topological polar surface area (TPSA) is 29.3 Å². The minimum Gasteiger partial charge on any atom is -0.367 e. The highest BCUT2D eigenvalue weighted by molar-refractivity contribution is 5.75. The lowest BCUT2D eigenvalue weighted by Gasteiger charge is -2.41. The first-order valence-electron chi connectivity index (χ1n) is 11.2. The second-order valence-electron chi connectivity index (χ2n) is 9.34. The third kappa shape index (κ3) is 4.02. The Morgan fingerprint density at radius 3 is 2.30 bits per heavy atom. The summed E-state index contributed by atoms with van der Waals surface area (Å²) in [6.45, 7) is 11.1. The van der Waals surface area contributed by atoms with Gasteiger partial charge in [-0.25, -0.2) is 0 Å². The standard InChI is InChI=1S/C28H34N2/c1-5-21-11-13-23(14-12-21)25-17-26-27(18-24(25)20(2)29)30(16-15-28(26,3)4)19-22-9-7-6-8-10-22/h6-14,17-18,20H,5,15-16,19,29H2,1-4H3. The zero-order valence-corrected chi connectivity index (χ0v) is 18.8. The number of hydrogen-bond donors (Lipinski definition) is 1. The monoisotopic (exact) mass is 398 g/mol. The quantitative estimate of drug-likeness (QED) is 0.523. The summed E-state index contributed by atoms with van der Waals surface area (Å²) in [7, 11) is 0. The molecule has 1 unspecified atom stereocenters. The molecule has 0 saturated heterocycles. The largest absolute Gasteiger partial charge is 0.367 e. The van der Waals surface area contributed by atoms with Crippen molar-refractivity contribution in [1.82, 2.24) is 0 Å². The molecule has 0 aliphatic carbocycles. The summed E-state index contributed by atoms with van der Waals surface area (Å²) in [4.78, 5) is 2.53. The number of nitrogens with two attached hydrogens (primary N) is 1. The number of benzene rings is 3. The summed E-state index contributed by atoms with van der Waals surface area (Å²) in [6, 6.07) is 24.5. The molecule has 3 aromatic carbocycles. The van der Waals surface area contributed by atoms with Crippen LogP contribution in [0.25, 0.3) is 11.1 Å². The van der Waals surface area contributed by atoms with E-state index in [9.17, 15) is 0 Å². The Labute approximate surface area is 181 Å². The Morgan fingerprint density at radius 1 is 0.967 bits per heavy atom. The zero-order valence-electron chi connectivity index (χ0n) is 18.8. The molecule has 3 aromatic rings. The number of rotatable bonds is 5. The van der Waals surface area contributed by atoms with Gasteiger partial charge in [0.15, 0.2) is 0 Å². The van der Waals surface area contributed by atoms with Crippen molar-refractivity contribution in [2.24, 2.45) is 5.73 Å². The first-order valence-corrected chi connectivity index (χ1v) is 11.2. The molecule has 1 heterocycles. The zero-order chi connectivity index (χ0) is 21.3. The van der Waals surface area contributed by atoms with Crippen molar-refractivity contribution >= 4 is 5.69 Å². The Hall–Kier alpha value is -2.58. The molecule has 1 aliphatic rings.